The van der Waals surface area contributed by atoms with Crippen LogP contribution in [0.2, 0.25) is 0 Å². The fourth-order valence-electron chi connectivity index (χ4n) is 2.80. The lowest BCUT2D eigenvalue weighted by molar-refractivity contribution is 0.0198. The number of nitrogens with zero attached hydrogens (tertiary/aromatic N) is 3. The summed E-state index contributed by atoms with van der Waals surface area (Å²) in [5.41, 5.74) is 0.758. The molecule has 140 valence electrons. The maximum atomic E-state index is 12.1. The number of rotatable bonds is 4. The number of aromatic nitrogens is 2. The molecule has 1 aromatic heterocycles. The summed E-state index contributed by atoms with van der Waals surface area (Å²) in [6, 6.07) is 10.2. The van der Waals surface area contributed by atoms with Crippen LogP contribution in [0, 0.1) is 0 Å². The Kier molecular flexibility index (Phi) is 5.86. The first-order valence-electron chi connectivity index (χ1n) is 8.89. The molecular weight excluding hydrogens is 350 g/mol. The van der Waals surface area contributed by atoms with Crippen molar-refractivity contribution in [3.8, 4) is 0 Å². The van der Waals surface area contributed by atoms with Crippen LogP contribution < -0.4 is 0 Å². The van der Waals surface area contributed by atoms with Crippen molar-refractivity contribution in [1.29, 1.82) is 0 Å². The van der Waals surface area contributed by atoms with Gasteiger partial charge in [0.05, 0.1) is 0 Å². The minimum Gasteiger partial charge on any atom is -0.444 e. The summed E-state index contributed by atoms with van der Waals surface area (Å²) >= 11 is 1.55. The second-order valence-electron chi connectivity index (χ2n) is 7.42. The smallest absolute Gasteiger partial charge is 0.410 e. The predicted octanol–water partition coefficient (Wildman–Crippen LogP) is 4.48. The van der Waals surface area contributed by atoms with E-state index in [9.17, 15) is 4.79 Å². The topological polar surface area (TPSA) is 68.5 Å². The van der Waals surface area contributed by atoms with Gasteiger partial charge in [-0.05, 0) is 39.2 Å². The molecule has 1 aliphatic heterocycles. The average molecular weight is 375 g/mol. The predicted molar refractivity (Wildman–Crippen MR) is 100 cm³/mol. The van der Waals surface area contributed by atoms with Crippen LogP contribution in [0.1, 0.15) is 51.0 Å². The minimum absolute atomic E-state index is 0.201. The Bertz CT molecular complexity index is 719. The summed E-state index contributed by atoms with van der Waals surface area (Å²) < 4.78 is 11.3. The van der Waals surface area contributed by atoms with Crippen molar-refractivity contribution in [2.75, 3.05) is 13.1 Å². The fraction of sp³-hybridized carbons (Fsp3) is 0.526. The van der Waals surface area contributed by atoms with Crippen LogP contribution in [0.15, 0.2) is 40.0 Å². The second kappa shape index (κ2) is 8.12. The normalized spacial score (nSPS) is 15.9. The molecule has 1 saturated heterocycles. The molecular formula is C19H25N3O3S. The van der Waals surface area contributed by atoms with Gasteiger partial charge in [0.25, 0.3) is 5.22 Å². The van der Waals surface area contributed by atoms with Crippen LogP contribution in [0.3, 0.4) is 0 Å². The van der Waals surface area contributed by atoms with Gasteiger partial charge in [0, 0.05) is 24.8 Å². The third kappa shape index (κ3) is 5.24. The number of carbonyl (C=O) groups excluding carboxylic acids is 1. The highest BCUT2D eigenvalue weighted by atomic mass is 32.2. The first kappa shape index (κ1) is 18.8. The van der Waals surface area contributed by atoms with Gasteiger partial charge in [-0.15, -0.1) is 10.2 Å². The van der Waals surface area contributed by atoms with Crippen LogP contribution in [0.25, 0.3) is 0 Å². The molecule has 1 aromatic carbocycles. The van der Waals surface area contributed by atoms with E-state index in [0.29, 0.717) is 24.2 Å². The molecule has 2 aromatic rings. The van der Waals surface area contributed by atoms with Crippen molar-refractivity contribution < 1.29 is 13.9 Å². The fourth-order valence-corrected chi connectivity index (χ4v) is 3.52. The zero-order valence-electron chi connectivity index (χ0n) is 15.5. The van der Waals surface area contributed by atoms with Crippen LogP contribution in [0.5, 0.6) is 0 Å². The number of ether oxygens (including phenoxy) is 1. The van der Waals surface area contributed by atoms with Crippen LogP contribution in [-0.2, 0) is 10.5 Å². The van der Waals surface area contributed by atoms with Gasteiger partial charge in [-0.25, -0.2) is 4.79 Å². The van der Waals surface area contributed by atoms with E-state index in [4.69, 9.17) is 9.15 Å². The number of thioether (sulfide) groups is 1. The molecule has 2 heterocycles. The van der Waals surface area contributed by atoms with Crippen molar-refractivity contribution in [2.24, 2.45) is 0 Å². The van der Waals surface area contributed by atoms with E-state index in [-0.39, 0.29) is 12.0 Å². The molecule has 6 nitrogen and oxygen atoms in total. The lowest BCUT2D eigenvalue weighted by Gasteiger charge is -2.32. The number of carbonyl (C=O) groups is 1. The Labute approximate surface area is 158 Å². The molecule has 26 heavy (non-hydrogen) atoms. The van der Waals surface area contributed by atoms with Gasteiger partial charge in [0.15, 0.2) is 0 Å². The molecule has 0 N–H and O–H groups in total. The summed E-state index contributed by atoms with van der Waals surface area (Å²) in [4.78, 5) is 13.9. The van der Waals surface area contributed by atoms with E-state index in [0.717, 1.165) is 18.6 Å². The van der Waals surface area contributed by atoms with Gasteiger partial charge < -0.3 is 14.1 Å². The van der Waals surface area contributed by atoms with Crippen molar-refractivity contribution in [2.45, 2.75) is 56.1 Å². The summed E-state index contributed by atoms with van der Waals surface area (Å²) in [5, 5.41) is 8.96. The molecule has 0 spiro atoms. The van der Waals surface area contributed by atoms with Gasteiger partial charge in [-0.3, -0.25) is 0 Å². The Morgan fingerprint density at radius 2 is 1.92 bits per heavy atom. The molecule has 1 amide bonds. The van der Waals surface area contributed by atoms with Gasteiger partial charge in [-0.2, -0.15) is 0 Å². The number of amides is 1. The number of likely N-dealkylation sites (tertiary alicyclic amines) is 1. The molecule has 0 radical (unpaired) electrons. The minimum atomic E-state index is -0.467. The molecule has 0 unspecified atom stereocenters. The Morgan fingerprint density at radius 3 is 2.58 bits per heavy atom. The first-order chi connectivity index (χ1) is 12.4. The SMILES string of the molecule is CC(C)(C)OC(=O)N1CCC(c2nnc(SCc3ccccc3)o2)CC1. The quantitative estimate of drug-likeness (QED) is 0.734. The molecule has 0 aliphatic carbocycles. The van der Waals surface area contributed by atoms with Gasteiger partial charge >= 0.3 is 6.09 Å². The Hall–Kier alpha value is -2.02. The maximum Gasteiger partial charge on any atom is 0.410 e. The number of piperidine rings is 1. The van der Waals surface area contributed by atoms with E-state index < -0.39 is 5.60 Å². The zero-order chi connectivity index (χ0) is 18.6. The van der Waals surface area contributed by atoms with Crippen LogP contribution >= 0.6 is 11.8 Å². The highest BCUT2D eigenvalue weighted by Crippen LogP contribution is 2.30. The van der Waals surface area contributed by atoms with Gasteiger partial charge in [0.1, 0.15) is 5.60 Å². The van der Waals surface area contributed by atoms with E-state index in [1.807, 2.05) is 39.0 Å². The van der Waals surface area contributed by atoms with E-state index in [1.165, 1.54) is 5.56 Å². The van der Waals surface area contributed by atoms with E-state index in [2.05, 4.69) is 22.3 Å². The molecule has 0 atom stereocenters. The molecule has 0 saturated carbocycles. The van der Waals surface area contributed by atoms with Gasteiger partial charge in [-0.1, -0.05) is 42.1 Å². The molecule has 1 fully saturated rings. The molecule has 3 rings (SSSR count). The molecule has 7 heteroatoms. The number of benzene rings is 1. The third-order valence-electron chi connectivity index (χ3n) is 4.12. The van der Waals surface area contributed by atoms with Crippen molar-refractivity contribution in [1.82, 2.24) is 15.1 Å². The monoisotopic (exact) mass is 375 g/mol. The lowest BCUT2D eigenvalue weighted by Crippen LogP contribution is -2.41. The highest BCUT2D eigenvalue weighted by Gasteiger charge is 2.29. The molecule has 0 bridgehead atoms. The second-order valence-corrected chi connectivity index (χ2v) is 8.35. The van der Waals surface area contributed by atoms with Crippen molar-refractivity contribution in [3.63, 3.8) is 0 Å². The third-order valence-corrected chi connectivity index (χ3v) is 5.01. The number of hydrogen-bond acceptors (Lipinski definition) is 6. The highest BCUT2D eigenvalue weighted by molar-refractivity contribution is 7.98. The Balaban J connectivity index is 1.49. The summed E-state index contributed by atoms with van der Waals surface area (Å²) in [6.45, 7) is 6.93. The van der Waals surface area contributed by atoms with E-state index in [1.54, 1.807) is 16.7 Å². The summed E-state index contributed by atoms with van der Waals surface area (Å²) in [5.74, 6) is 1.68. The summed E-state index contributed by atoms with van der Waals surface area (Å²) in [6.07, 6.45) is 1.37. The van der Waals surface area contributed by atoms with Crippen LogP contribution in [-0.4, -0.2) is 39.9 Å². The average Bonchev–Trinajstić information content (AvgIpc) is 3.08. The zero-order valence-corrected chi connectivity index (χ0v) is 16.3. The van der Waals surface area contributed by atoms with Crippen LogP contribution in [0.4, 0.5) is 4.79 Å². The maximum absolute atomic E-state index is 12.1. The van der Waals surface area contributed by atoms with E-state index >= 15 is 0 Å². The summed E-state index contributed by atoms with van der Waals surface area (Å²) in [7, 11) is 0. The lowest BCUT2D eigenvalue weighted by atomic mass is 9.97. The largest absolute Gasteiger partial charge is 0.444 e. The standard InChI is InChI=1S/C19H25N3O3S/c1-19(2,3)25-18(23)22-11-9-15(10-12-22)16-20-21-17(24-16)26-13-14-7-5-4-6-8-14/h4-8,15H,9-13H2,1-3H3. The van der Waals surface area contributed by atoms with Gasteiger partial charge in [0.2, 0.25) is 5.89 Å². The number of hydrogen-bond donors (Lipinski definition) is 0. The first-order valence-corrected chi connectivity index (χ1v) is 9.87. The molecule has 1 aliphatic rings. The van der Waals surface area contributed by atoms with Crippen molar-refractivity contribution in [3.05, 3.63) is 41.8 Å². The Morgan fingerprint density at radius 1 is 1.23 bits per heavy atom. The van der Waals surface area contributed by atoms with Crippen molar-refractivity contribution >= 4 is 17.9 Å².